The highest BCUT2D eigenvalue weighted by Crippen LogP contribution is 2.27. The fourth-order valence-corrected chi connectivity index (χ4v) is 3.44. The fourth-order valence-electron chi connectivity index (χ4n) is 2.59. The summed E-state index contributed by atoms with van der Waals surface area (Å²) < 4.78 is 0. The van der Waals surface area contributed by atoms with E-state index in [-0.39, 0.29) is 0 Å². The molecule has 0 radical (unpaired) electrons. The van der Waals surface area contributed by atoms with Gasteiger partial charge in [-0.25, -0.2) is 15.0 Å². The number of thiophene rings is 1. The van der Waals surface area contributed by atoms with E-state index in [0.29, 0.717) is 6.54 Å². The Morgan fingerprint density at radius 3 is 3.00 bits per heavy atom. The molecule has 0 saturated heterocycles. The second-order valence-electron chi connectivity index (χ2n) is 5.31. The first kappa shape index (κ1) is 13.2. The highest BCUT2D eigenvalue weighted by molar-refractivity contribution is 7.18. The number of benzene rings is 1. The van der Waals surface area contributed by atoms with E-state index in [0.717, 1.165) is 32.9 Å². The van der Waals surface area contributed by atoms with E-state index in [1.807, 2.05) is 12.1 Å². The van der Waals surface area contributed by atoms with Gasteiger partial charge in [-0.3, -0.25) is 0 Å². The number of nitrogens with one attached hydrogen (secondary N) is 2. The normalized spacial score (nSPS) is 11.4. The minimum absolute atomic E-state index is 0.606. The Balaban J connectivity index is 1.64. The van der Waals surface area contributed by atoms with Crippen LogP contribution in [0.4, 0.5) is 5.82 Å². The molecule has 0 atom stereocenters. The van der Waals surface area contributed by atoms with Crippen LogP contribution in [0.25, 0.3) is 21.3 Å². The second-order valence-corrected chi connectivity index (χ2v) is 6.54. The van der Waals surface area contributed by atoms with Gasteiger partial charge >= 0.3 is 0 Å². The Kier molecular flexibility index (Phi) is 3.04. The molecule has 2 N–H and O–H groups in total. The van der Waals surface area contributed by atoms with Gasteiger partial charge in [0.2, 0.25) is 0 Å². The highest BCUT2D eigenvalue weighted by Gasteiger charge is 2.08. The number of para-hydroxylation sites is 1. The molecule has 0 aliphatic rings. The van der Waals surface area contributed by atoms with Crippen LogP contribution in [-0.2, 0) is 6.54 Å². The van der Waals surface area contributed by atoms with Crippen molar-refractivity contribution in [3.63, 3.8) is 0 Å². The van der Waals surface area contributed by atoms with Gasteiger partial charge in [0.1, 0.15) is 22.8 Å². The summed E-state index contributed by atoms with van der Waals surface area (Å²) in [5.74, 6) is 1.76. The number of hydrogen-bond donors (Lipinski definition) is 2. The molecule has 110 valence electrons. The third-order valence-corrected chi connectivity index (χ3v) is 4.60. The summed E-state index contributed by atoms with van der Waals surface area (Å²) in [6.45, 7) is 4.76. The molecule has 0 aliphatic carbocycles. The van der Waals surface area contributed by atoms with Crippen LogP contribution in [0.5, 0.6) is 0 Å². The molecule has 6 heteroatoms. The predicted molar refractivity (Wildman–Crippen MR) is 90.3 cm³/mol. The van der Waals surface area contributed by atoms with Crippen molar-refractivity contribution in [3.8, 4) is 0 Å². The summed E-state index contributed by atoms with van der Waals surface area (Å²) in [5, 5.41) is 4.43. The van der Waals surface area contributed by atoms with E-state index in [2.05, 4.69) is 51.2 Å². The minimum atomic E-state index is 0.606. The van der Waals surface area contributed by atoms with Crippen molar-refractivity contribution in [2.75, 3.05) is 5.32 Å². The lowest BCUT2D eigenvalue weighted by Crippen LogP contribution is -2.03. The number of anilines is 1. The smallest absolute Gasteiger partial charge is 0.138 e. The summed E-state index contributed by atoms with van der Waals surface area (Å²) in [7, 11) is 0. The van der Waals surface area contributed by atoms with E-state index in [1.54, 1.807) is 17.7 Å². The molecule has 5 nitrogen and oxygen atoms in total. The van der Waals surface area contributed by atoms with E-state index in [9.17, 15) is 0 Å². The van der Waals surface area contributed by atoms with E-state index in [1.165, 1.54) is 10.4 Å². The maximum Gasteiger partial charge on any atom is 0.138 e. The van der Waals surface area contributed by atoms with Crippen LogP contribution in [0.3, 0.4) is 0 Å². The zero-order valence-electron chi connectivity index (χ0n) is 12.3. The number of rotatable bonds is 3. The molecule has 1 aromatic carbocycles. The molecule has 4 aromatic rings. The summed E-state index contributed by atoms with van der Waals surface area (Å²) in [6.07, 6.45) is 1.60. The van der Waals surface area contributed by atoms with Gasteiger partial charge in [-0.1, -0.05) is 12.1 Å². The van der Waals surface area contributed by atoms with Gasteiger partial charge < -0.3 is 10.3 Å². The number of H-pyrrole nitrogens is 1. The summed E-state index contributed by atoms with van der Waals surface area (Å²) in [5.41, 5.74) is 3.27. The largest absolute Gasteiger partial charge is 0.362 e. The van der Waals surface area contributed by atoms with Crippen molar-refractivity contribution in [2.45, 2.75) is 20.4 Å². The molecule has 0 aliphatic heterocycles. The van der Waals surface area contributed by atoms with Crippen molar-refractivity contribution in [2.24, 2.45) is 0 Å². The van der Waals surface area contributed by atoms with E-state index >= 15 is 0 Å². The molecule has 0 saturated carbocycles. The number of fused-ring (bicyclic) bond motifs is 2. The first-order valence-corrected chi connectivity index (χ1v) is 7.91. The van der Waals surface area contributed by atoms with Crippen LogP contribution >= 0.6 is 11.3 Å². The average molecular weight is 309 g/mol. The number of imidazole rings is 1. The lowest BCUT2D eigenvalue weighted by Gasteiger charge is -2.03. The van der Waals surface area contributed by atoms with Crippen LogP contribution in [0.2, 0.25) is 0 Å². The van der Waals surface area contributed by atoms with Crippen molar-refractivity contribution >= 4 is 38.4 Å². The summed E-state index contributed by atoms with van der Waals surface area (Å²) in [4.78, 5) is 18.9. The predicted octanol–water partition coefficient (Wildman–Crippen LogP) is 3.80. The average Bonchev–Trinajstić information content (AvgIpc) is 3.08. The van der Waals surface area contributed by atoms with E-state index < -0.39 is 0 Å². The molecule has 0 fully saturated rings. The maximum absolute atomic E-state index is 4.65. The third kappa shape index (κ3) is 2.21. The Bertz CT molecular complexity index is 969. The molecular formula is C16H15N5S. The monoisotopic (exact) mass is 309 g/mol. The van der Waals surface area contributed by atoms with Crippen molar-refractivity contribution in [1.82, 2.24) is 19.9 Å². The Morgan fingerprint density at radius 1 is 1.23 bits per heavy atom. The van der Waals surface area contributed by atoms with Gasteiger partial charge in [-0.2, -0.15) is 0 Å². The molecule has 0 amide bonds. The van der Waals surface area contributed by atoms with Crippen LogP contribution in [-0.4, -0.2) is 19.9 Å². The Labute approximate surface area is 131 Å². The van der Waals surface area contributed by atoms with Crippen LogP contribution in [0.15, 0.2) is 30.6 Å². The van der Waals surface area contributed by atoms with Gasteiger partial charge in [-0.05, 0) is 31.5 Å². The first-order chi connectivity index (χ1) is 10.7. The van der Waals surface area contributed by atoms with Gasteiger partial charge in [-0.15, -0.1) is 11.3 Å². The Morgan fingerprint density at radius 2 is 2.14 bits per heavy atom. The number of hydrogen-bond acceptors (Lipinski definition) is 5. The molecule has 22 heavy (non-hydrogen) atoms. The summed E-state index contributed by atoms with van der Waals surface area (Å²) >= 11 is 1.68. The molecule has 0 spiro atoms. The molecule has 0 bridgehead atoms. The maximum atomic E-state index is 4.65. The zero-order chi connectivity index (χ0) is 15.1. The van der Waals surface area contributed by atoms with Crippen LogP contribution in [0, 0.1) is 13.8 Å². The fraction of sp³-hybridized carbons (Fsp3) is 0.188. The van der Waals surface area contributed by atoms with Gasteiger partial charge in [0.05, 0.1) is 23.0 Å². The first-order valence-electron chi connectivity index (χ1n) is 7.10. The number of nitrogens with zero attached hydrogens (tertiary/aromatic N) is 3. The quantitative estimate of drug-likeness (QED) is 0.604. The number of aromatic amines is 1. The Hall–Kier alpha value is -2.47. The van der Waals surface area contributed by atoms with Crippen molar-refractivity contribution < 1.29 is 0 Å². The minimum Gasteiger partial charge on any atom is -0.362 e. The zero-order valence-corrected chi connectivity index (χ0v) is 13.2. The van der Waals surface area contributed by atoms with Gasteiger partial charge in [0.15, 0.2) is 0 Å². The third-order valence-electron chi connectivity index (χ3n) is 3.64. The van der Waals surface area contributed by atoms with Crippen LogP contribution < -0.4 is 5.32 Å². The molecule has 4 rings (SSSR count). The van der Waals surface area contributed by atoms with Crippen molar-refractivity contribution in [1.29, 1.82) is 0 Å². The van der Waals surface area contributed by atoms with Gasteiger partial charge in [0.25, 0.3) is 0 Å². The highest BCUT2D eigenvalue weighted by atomic mass is 32.1. The van der Waals surface area contributed by atoms with Crippen LogP contribution in [0.1, 0.15) is 16.3 Å². The lowest BCUT2D eigenvalue weighted by molar-refractivity contribution is 0.998. The number of aryl methyl sites for hydroxylation is 2. The molecule has 3 aromatic heterocycles. The molecule has 3 heterocycles. The second kappa shape index (κ2) is 5.06. The van der Waals surface area contributed by atoms with E-state index in [4.69, 9.17) is 0 Å². The SMILES string of the molecule is Cc1cc2c(NCc3nc4c(C)cccc4[nH]3)ncnc2s1. The molecule has 0 unspecified atom stereocenters. The number of aromatic nitrogens is 4. The summed E-state index contributed by atoms with van der Waals surface area (Å²) in [6, 6.07) is 8.27. The lowest BCUT2D eigenvalue weighted by atomic mass is 10.2. The van der Waals surface area contributed by atoms with Crippen molar-refractivity contribution in [3.05, 3.63) is 46.9 Å². The van der Waals surface area contributed by atoms with Gasteiger partial charge in [0, 0.05) is 4.88 Å². The molecular weight excluding hydrogens is 294 g/mol. The topological polar surface area (TPSA) is 66.5 Å². The standard InChI is InChI=1S/C16H15N5S/c1-9-4-3-5-12-14(9)21-13(20-12)7-17-15-11-6-10(2)22-16(11)19-8-18-15/h3-6,8H,7H2,1-2H3,(H,20,21)(H,17,18,19).